The van der Waals surface area contributed by atoms with E-state index in [9.17, 15) is 67.2 Å². The molecule has 722 valence electrons. The number of carbonyl (C=O) groups excluding carboxylic acids is 5. The smallest absolute Gasteiger partial charge is 0.338 e. The number of aliphatic imine (C=N–C) groups is 3. The first-order chi connectivity index (χ1) is 64.8. The predicted octanol–water partition coefficient (Wildman–Crippen LogP) is 12.9. The summed E-state index contributed by atoms with van der Waals surface area (Å²) in [6.45, 7) is 2.11. The zero-order chi connectivity index (χ0) is 96.8. The monoisotopic (exact) mass is 2060 g/mol. The van der Waals surface area contributed by atoms with E-state index in [0.717, 1.165) is 18.9 Å². The fourth-order valence-electron chi connectivity index (χ4n) is 15.7. The molecule has 3 fully saturated rings. The number of carboxylic acids is 1. The number of aromatic amines is 1. The lowest BCUT2D eigenvalue weighted by atomic mass is 9.86. The number of unbranched alkanes of at least 4 members (excludes halogenated alkanes) is 3. The van der Waals surface area contributed by atoms with E-state index in [4.69, 9.17) is 80.7 Å². The molecule has 0 saturated carbocycles. The molecule has 6 aliphatic heterocycles. The van der Waals surface area contributed by atoms with Gasteiger partial charge in [0.05, 0.1) is 70.9 Å². The first-order valence-electron chi connectivity index (χ1n) is 42.3. The van der Waals surface area contributed by atoms with E-state index < -0.39 is 89.5 Å². The van der Waals surface area contributed by atoms with Crippen molar-refractivity contribution in [3.8, 4) is 0 Å². The Hall–Kier alpha value is -10.7. The second kappa shape index (κ2) is 47.9. The van der Waals surface area contributed by atoms with Gasteiger partial charge in [-0.25, -0.2) is 67.8 Å². The summed E-state index contributed by atoms with van der Waals surface area (Å²) >= 11 is 28.7. The summed E-state index contributed by atoms with van der Waals surface area (Å²) in [6, 6.07) is 9.05. The number of amidine groups is 3. The van der Waals surface area contributed by atoms with Gasteiger partial charge in [-0.15, -0.1) is 45.6 Å². The van der Waals surface area contributed by atoms with Crippen LogP contribution in [0.15, 0.2) is 190 Å². The minimum atomic E-state index is -3.84. The highest BCUT2D eigenvalue weighted by molar-refractivity contribution is 7.89. The van der Waals surface area contributed by atoms with Gasteiger partial charge in [0.25, 0.3) is 0 Å². The summed E-state index contributed by atoms with van der Waals surface area (Å²) in [5.74, 6) is -3.58. The third kappa shape index (κ3) is 25.8. The summed E-state index contributed by atoms with van der Waals surface area (Å²) < 4.78 is 153. The molecule has 36 nitrogen and oxygen atoms in total. The van der Waals surface area contributed by atoms with Crippen molar-refractivity contribution in [2.75, 3.05) is 80.7 Å². The Kier molecular flexibility index (Phi) is 36.6. The number of aromatic nitrogens is 9. The van der Waals surface area contributed by atoms with Crippen LogP contribution >= 0.6 is 80.4 Å². The van der Waals surface area contributed by atoms with Crippen LogP contribution in [-0.4, -0.2) is 222 Å². The summed E-state index contributed by atoms with van der Waals surface area (Å²) in [4.78, 5) is 99.7. The normalized spacial score (nSPS) is 17.8. The molecule has 0 bridgehead atoms. The topological polar surface area (TPSA) is 457 Å². The maximum atomic E-state index is 14.0. The second-order valence-electron chi connectivity index (χ2n) is 30.9. The molecule has 3 atom stereocenters. The van der Waals surface area contributed by atoms with Gasteiger partial charge in [-0.2, -0.15) is 28.2 Å². The van der Waals surface area contributed by atoms with E-state index in [1.54, 1.807) is 39.4 Å². The number of nitrogens with one attached hydrogen (secondary N) is 4. The first-order valence-corrected chi connectivity index (χ1v) is 50.9. The van der Waals surface area contributed by atoms with Gasteiger partial charge >= 0.3 is 35.8 Å². The fraction of sp³-hybridized carbons (Fsp3) is 0.407. The molecule has 0 amide bonds. The molecular weight excluding hydrogens is 1960 g/mol. The second-order valence-corrected chi connectivity index (χ2v) is 41.0. The lowest BCUT2D eigenvalue weighted by Crippen LogP contribution is -2.43. The van der Waals surface area contributed by atoms with Crippen LogP contribution in [0.1, 0.15) is 146 Å². The van der Waals surface area contributed by atoms with Crippen molar-refractivity contribution < 1.29 is 96.0 Å². The molecule has 6 aromatic heterocycles. The molecule has 12 heterocycles. The van der Waals surface area contributed by atoms with E-state index in [2.05, 4.69) is 60.8 Å². The van der Waals surface area contributed by atoms with Crippen LogP contribution in [0.5, 0.6) is 0 Å². The van der Waals surface area contributed by atoms with Gasteiger partial charge in [-0.05, 0) is 113 Å². The summed E-state index contributed by atoms with van der Waals surface area (Å²) in [7, 11) is -4.82. The maximum absolute atomic E-state index is 14.0. The summed E-state index contributed by atoms with van der Waals surface area (Å²) in [5.41, 5.74) is 3.61. The Bertz CT molecular complexity index is 6260. The van der Waals surface area contributed by atoms with Crippen LogP contribution < -0.4 is 16.0 Å². The molecule has 6 aliphatic rings. The number of piperidine rings is 3. The number of carbonyl (C=O) groups is 6. The molecule has 49 heteroatoms. The zero-order valence-electron chi connectivity index (χ0n) is 73.3. The number of halogens is 7. The minimum absolute atomic E-state index is 0.0409. The van der Waals surface area contributed by atoms with Crippen molar-refractivity contribution in [3.63, 3.8) is 0 Å². The zero-order valence-corrected chi connectivity index (χ0v) is 81.2. The van der Waals surface area contributed by atoms with Gasteiger partial charge in [0.15, 0.2) is 32.5 Å². The molecule has 3 saturated heterocycles. The average molecular weight is 2060 g/mol. The van der Waals surface area contributed by atoms with Gasteiger partial charge in [0, 0.05) is 197 Å². The number of nitrogens with zero attached hydrogens (tertiary/aromatic N) is 14. The summed E-state index contributed by atoms with van der Waals surface area (Å²) in [6.07, 6.45) is 20.4. The molecule has 3 unspecified atom stereocenters. The number of rotatable bonds is 32. The van der Waals surface area contributed by atoms with Crippen LogP contribution in [0, 0.1) is 35.2 Å². The summed E-state index contributed by atoms with van der Waals surface area (Å²) in [5, 5.41) is 40.8. The van der Waals surface area contributed by atoms with Crippen molar-refractivity contribution in [2.24, 2.45) is 32.7 Å². The average Bonchev–Trinajstić information content (AvgIpc) is 1.73. The van der Waals surface area contributed by atoms with Gasteiger partial charge in [0.1, 0.15) is 50.3 Å². The number of methoxy groups -OCH3 is 5. The number of allylic oxidation sites excluding steroid dienone is 3. The van der Waals surface area contributed by atoms with Gasteiger partial charge in [-0.3, -0.25) is 43.8 Å². The number of aliphatic carboxylic acids is 1. The van der Waals surface area contributed by atoms with Crippen LogP contribution in [0.25, 0.3) is 0 Å². The number of hydrogen-bond donors (Lipinski definition) is 5. The lowest BCUT2D eigenvalue weighted by Gasteiger charge is -2.36. The molecule has 3 aromatic carbocycles. The quantitative estimate of drug-likeness (QED) is 0.0113. The van der Waals surface area contributed by atoms with Crippen LogP contribution in [0.4, 0.5) is 13.2 Å². The van der Waals surface area contributed by atoms with E-state index in [1.807, 2.05) is 0 Å². The number of esters is 5. The van der Waals surface area contributed by atoms with Crippen molar-refractivity contribution in [1.29, 1.82) is 0 Å². The van der Waals surface area contributed by atoms with Gasteiger partial charge in [-0.1, -0.05) is 53.0 Å². The molecule has 0 aliphatic carbocycles. The molecule has 135 heavy (non-hydrogen) atoms. The highest BCUT2D eigenvalue weighted by Gasteiger charge is 2.44. The van der Waals surface area contributed by atoms with Crippen molar-refractivity contribution in [3.05, 3.63) is 225 Å². The van der Waals surface area contributed by atoms with Crippen LogP contribution in [0.2, 0.25) is 15.1 Å². The number of H-pyrrole nitrogens is 1. The number of benzene rings is 3. The molecule has 0 spiro atoms. The lowest BCUT2D eigenvalue weighted by molar-refractivity contribution is -0.141. The Morgan fingerprint density at radius 1 is 0.452 bits per heavy atom. The van der Waals surface area contributed by atoms with E-state index in [1.165, 1.54) is 173 Å². The number of aryl methyl sites for hydroxylation is 2. The van der Waals surface area contributed by atoms with E-state index in [0.29, 0.717) is 156 Å². The number of alkyl halides is 1. The Morgan fingerprint density at radius 2 is 0.778 bits per heavy atom. The van der Waals surface area contributed by atoms with Crippen molar-refractivity contribution in [1.82, 2.24) is 73.6 Å². The van der Waals surface area contributed by atoms with Crippen molar-refractivity contribution >= 4 is 164 Å². The minimum Gasteiger partial charge on any atom is -0.481 e. The first kappa shape index (κ1) is 103. The number of sulfonamides is 3. The van der Waals surface area contributed by atoms with Crippen LogP contribution in [0.3, 0.4) is 0 Å². The highest BCUT2D eigenvalue weighted by atomic mass is 35.5. The van der Waals surface area contributed by atoms with Crippen molar-refractivity contribution in [2.45, 2.75) is 142 Å². The molecular formula is C86H95Cl4F3N18O18S6. The van der Waals surface area contributed by atoms with Crippen LogP contribution in [-0.2, 0) is 95.6 Å². The maximum Gasteiger partial charge on any atom is 0.338 e. The third-order valence-electron chi connectivity index (χ3n) is 22.6. The molecule has 0 radical (unpaired) electrons. The fourth-order valence-corrected chi connectivity index (χ4v) is 22.7. The molecule has 15 rings (SSSR count). The number of ether oxygens (including phenoxy) is 5. The largest absolute Gasteiger partial charge is 0.481 e. The SMILES string of the molecule is COC(=O)C1=C(C2CCN(S(=O)(=O)c3cn[nH]c3)CC2)NC(c2nccs2)=NC1c1ccc(F)cc1Cl.COC(=O)C1=C(C2CCN(S(=O)(=O)c3cnn(CCCCC(=O)O)c3)CC2)NC(c2nccs2)=NC1c1ccc(F)cc1Cl.COC(=O)CCCCCl.COC(=O)CCCCn1cc(S(=O)(=O)N2CCC(C3=C(C(=O)OC)C(c4ccc(F)cc4Cl)N=C(c4nccs4)N3)CC2)cn1. The molecule has 9 aromatic rings. The number of thiazole rings is 3. The van der Waals surface area contributed by atoms with E-state index in [-0.39, 0.29) is 128 Å². The molecule has 5 N–H and O–H groups in total. The highest BCUT2D eigenvalue weighted by Crippen LogP contribution is 2.45. The Morgan fingerprint density at radius 3 is 1.06 bits per heavy atom. The number of hydrogen-bond acceptors (Lipinski definition) is 32. The Balaban J connectivity index is 0.000000175. The standard InChI is InChI=1S/C29H32ClFN6O6S2.C28H30ClFN6O6S2.C23H22ClFN6O4S2.C6H11ClO2/c1-42-23(38)5-3-4-11-36-17-20(16-33-36)45(40,41)37-12-8-18(9-13-37)25-24(29(39)43-2)26(21-7-6-19(31)15-22(21)30)35-27(34-25)28-32-10-14-44-28;1-42-28(39)23-24(33-26(27-31-9-13-43-27)34-25(23)20-6-5-18(30)14-21(20)29)17-7-11-36(12-8-17)44(40,41)19-15-32-35(16-19)10-3-2-4-22(37)38;1-35-23(32)18-19(13-4-7-31(8-5-13)37(33,34)15-11-27-28-12-15)29-21(22-26-6-9-36-22)30-20(18)16-3-2-14(25)10-17(16)24;1-9-6(8)4-2-3-5-7/h6-7,10,14-18,26H,3-5,8-9,11-13H2,1-2H3,(H,34,35);5-6,9,13-17,25H,2-4,7-8,10-12H2,1H3,(H,33,34)(H,37,38);2-3,6,9-13,20H,4-5,7-8H2,1H3,(H,27,28)(H,29,30);2-5H2,1H3. The van der Waals surface area contributed by atoms with E-state index >= 15 is 0 Å². The predicted molar refractivity (Wildman–Crippen MR) is 496 cm³/mol. The van der Waals surface area contributed by atoms with Gasteiger partial charge < -0.3 is 44.7 Å². The third-order valence-corrected chi connectivity index (χ3v) is 31.7. The Labute approximate surface area is 807 Å². The number of carboxylic acid groups (broad SMARTS) is 1. The van der Waals surface area contributed by atoms with Gasteiger partial charge in [0.2, 0.25) is 30.1 Å².